The number of nitrogens with one attached hydrogen (secondary N) is 1. The molecule has 3 unspecified atom stereocenters. The van der Waals surface area contributed by atoms with Crippen molar-refractivity contribution in [3.8, 4) is 0 Å². The number of hydrogen-bond acceptors (Lipinski definition) is 7. The second kappa shape index (κ2) is 7.22. The SMILES string of the molecule is COP(=O)(OC)C1N2C(=O)C(NC(=O)C(N)c3ccccc3)[C@@H]2SC1(C)C. The molecule has 3 rings (SSSR count). The summed E-state index contributed by atoms with van der Waals surface area (Å²) in [5.41, 5.74) is 6.68. The summed E-state index contributed by atoms with van der Waals surface area (Å²) < 4.78 is 22.7. The summed E-state index contributed by atoms with van der Waals surface area (Å²) in [7, 11) is -0.898. The smallest absolute Gasteiger partial charge is 0.340 e. The molecular formula is C17H24N3O5PS. The average Bonchev–Trinajstić information content (AvgIpc) is 2.93. The van der Waals surface area contributed by atoms with Crippen LogP contribution in [0.5, 0.6) is 0 Å². The molecule has 2 heterocycles. The van der Waals surface area contributed by atoms with Crippen LogP contribution in [0.25, 0.3) is 0 Å². The maximum atomic E-state index is 13.0. The van der Waals surface area contributed by atoms with E-state index in [2.05, 4.69) is 5.32 Å². The second-order valence-corrected chi connectivity index (χ2v) is 11.1. The van der Waals surface area contributed by atoms with Gasteiger partial charge in [-0.2, -0.15) is 0 Å². The molecule has 1 aromatic rings. The number of amides is 2. The van der Waals surface area contributed by atoms with Crippen molar-refractivity contribution >= 4 is 31.2 Å². The monoisotopic (exact) mass is 413 g/mol. The van der Waals surface area contributed by atoms with Crippen molar-refractivity contribution in [3.05, 3.63) is 35.9 Å². The van der Waals surface area contributed by atoms with Gasteiger partial charge in [0.2, 0.25) is 11.8 Å². The number of nitrogens with zero attached hydrogens (tertiary/aromatic N) is 1. The van der Waals surface area contributed by atoms with Crippen molar-refractivity contribution in [1.29, 1.82) is 0 Å². The molecule has 2 amide bonds. The van der Waals surface area contributed by atoms with Crippen molar-refractivity contribution < 1.29 is 23.2 Å². The molecule has 1 aromatic carbocycles. The topological polar surface area (TPSA) is 111 Å². The van der Waals surface area contributed by atoms with Gasteiger partial charge in [0, 0.05) is 19.0 Å². The standard InChI is InChI=1S/C17H24N3O5PS/c1-17(2)16(26(23,24-3)25-4)20-14(22)12(15(20)27-17)19-13(21)11(18)10-8-6-5-7-9-10/h5-9,11-12,15-16H,18H2,1-4H3,(H,19,21)/t11?,12?,15-,16?/m0/s1. The maximum Gasteiger partial charge on any atom is 0.353 e. The fourth-order valence-corrected chi connectivity index (χ4v) is 7.62. The molecule has 0 bridgehead atoms. The van der Waals surface area contributed by atoms with Crippen LogP contribution in [-0.2, 0) is 23.2 Å². The molecule has 2 aliphatic rings. The first-order valence-corrected chi connectivity index (χ1v) is 11.0. The number of rotatable bonds is 6. The number of carbonyl (C=O) groups is 2. The minimum Gasteiger partial charge on any atom is -0.340 e. The lowest BCUT2D eigenvalue weighted by Gasteiger charge is -2.45. The van der Waals surface area contributed by atoms with E-state index >= 15 is 0 Å². The molecule has 0 saturated carbocycles. The Bertz CT molecular complexity index is 782. The second-order valence-electron chi connectivity index (χ2n) is 7.01. The summed E-state index contributed by atoms with van der Waals surface area (Å²) in [6, 6.07) is 7.36. The molecule has 2 saturated heterocycles. The lowest BCUT2D eigenvalue weighted by Crippen LogP contribution is -2.70. The summed E-state index contributed by atoms with van der Waals surface area (Å²) in [5, 5.41) is 2.39. The van der Waals surface area contributed by atoms with E-state index in [1.165, 1.54) is 30.9 Å². The van der Waals surface area contributed by atoms with Crippen LogP contribution >= 0.6 is 19.4 Å². The predicted octanol–water partition coefficient (Wildman–Crippen LogP) is 1.68. The van der Waals surface area contributed by atoms with Gasteiger partial charge >= 0.3 is 7.60 Å². The normalized spacial score (nSPS) is 27.7. The number of hydrogen-bond donors (Lipinski definition) is 2. The Morgan fingerprint density at radius 2 is 1.89 bits per heavy atom. The third-order valence-electron chi connectivity index (χ3n) is 4.94. The Balaban J connectivity index is 1.76. The van der Waals surface area contributed by atoms with Gasteiger partial charge in [0.15, 0.2) is 0 Å². The molecule has 3 N–H and O–H groups in total. The zero-order valence-corrected chi connectivity index (χ0v) is 17.3. The van der Waals surface area contributed by atoms with Gasteiger partial charge in [0.1, 0.15) is 23.2 Å². The highest BCUT2D eigenvalue weighted by Crippen LogP contribution is 2.66. The van der Waals surface area contributed by atoms with Gasteiger partial charge in [-0.05, 0) is 19.4 Å². The third-order valence-corrected chi connectivity index (χ3v) is 9.19. The molecule has 0 spiro atoms. The van der Waals surface area contributed by atoms with Gasteiger partial charge in [0.05, 0.1) is 0 Å². The Morgan fingerprint density at radius 1 is 1.30 bits per heavy atom. The highest BCUT2D eigenvalue weighted by atomic mass is 32.2. The minimum absolute atomic E-state index is 0.314. The minimum atomic E-state index is -3.51. The Kier molecular flexibility index (Phi) is 5.44. The molecule has 4 atom stereocenters. The van der Waals surface area contributed by atoms with Crippen LogP contribution in [0.3, 0.4) is 0 Å². The molecule has 2 aliphatic heterocycles. The van der Waals surface area contributed by atoms with Crippen LogP contribution in [0.4, 0.5) is 0 Å². The average molecular weight is 413 g/mol. The lowest BCUT2D eigenvalue weighted by atomic mass is 10.0. The highest BCUT2D eigenvalue weighted by Gasteiger charge is 2.67. The van der Waals surface area contributed by atoms with Crippen molar-refractivity contribution in [3.63, 3.8) is 0 Å². The Labute approximate surface area is 162 Å². The molecule has 27 heavy (non-hydrogen) atoms. The Hall–Kier alpha value is -1.38. The first kappa shape index (κ1) is 20.4. The van der Waals surface area contributed by atoms with Gasteiger partial charge in [-0.15, -0.1) is 11.8 Å². The number of thioether (sulfide) groups is 1. The predicted molar refractivity (Wildman–Crippen MR) is 103 cm³/mol. The van der Waals surface area contributed by atoms with Crippen molar-refractivity contribution in [1.82, 2.24) is 10.2 Å². The van der Waals surface area contributed by atoms with E-state index in [-0.39, 0.29) is 11.3 Å². The van der Waals surface area contributed by atoms with Crippen molar-refractivity contribution in [2.75, 3.05) is 14.2 Å². The molecule has 0 aromatic heterocycles. The van der Waals surface area contributed by atoms with E-state index in [0.717, 1.165) is 0 Å². The van der Waals surface area contributed by atoms with E-state index in [0.29, 0.717) is 5.56 Å². The molecule has 0 aliphatic carbocycles. The van der Waals surface area contributed by atoms with Crippen LogP contribution < -0.4 is 11.1 Å². The van der Waals surface area contributed by atoms with E-state index < -0.39 is 36.1 Å². The van der Waals surface area contributed by atoms with Crippen molar-refractivity contribution in [2.45, 2.75) is 41.8 Å². The van der Waals surface area contributed by atoms with Crippen LogP contribution in [0.2, 0.25) is 0 Å². The van der Waals surface area contributed by atoms with Gasteiger partial charge in [0.25, 0.3) is 0 Å². The van der Waals surface area contributed by atoms with E-state index in [4.69, 9.17) is 14.8 Å². The number of fused-ring (bicyclic) bond motifs is 1. The molecule has 0 radical (unpaired) electrons. The Morgan fingerprint density at radius 3 is 2.44 bits per heavy atom. The highest BCUT2D eigenvalue weighted by molar-refractivity contribution is 8.02. The number of benzene rings is 1. The number of β-lactam (4-membered cyclic amide) rings is 1. The van der Waals surface area contributed by atoms with Gasteiger partial charge in [-0.25, -0.2) is 0 Å². The molecular weight excluding hydrogens is 389 g/mol. The summed E-state index contributed by atoms with van der Waals surface area (Å²) in [6.45, 7) is 3.76. The zero-order chi connectivity index (χ0) is 20.0. The number of nitrogens with two attached hydrogens (primary N) is 1. The van der Waals surface area contributed by atoms with E-state index in [1.54, 1.807) is 24.3 Å². The van der Waals surface area contributed by atoms with Crippen LogP contribution in [0.1, 0.15) is 25.5 Å². The molecule has 2 fully saturated rings. The maximum absolute atomic E-state index is 13.0. The van der Waals surface area contributed by atoms with Crippen LogP contribution in [-0.4, -0.2) is 52.9 Å². The molecule has 8 nitrogen and oxygen atoms in total. The molecule has 148 valence electrons. The van der Waals surface area contributed by atoms with Gasteiger partial charge < -0.3 is 25.0 Å². The summed E-state index contributed by atoms with van der Waals surface area (Å²) in [4.78, 5) is 26.7. The van der Waals surface area contributed by atoms with Crippen molar-refractivity contribution in [2.24, 2.45) is 5.73 Å². The first-order valence-electron chi connectivity index (χ1n) is 8.48. The molecule has 10 heteroatoms. The van der Waals surface area contributed by atoms with Gasteiger partial charge in [-0.3, -0.25) is 14.2 Å². The zero-order valence-electron chi connectivity index (χ0n) is 15.6. The fourth-order valence-electron chi connectivity index (χ4n) is 3.57. The van der Waals surface area contributed by atoms with Crippen LogP contribution in [0, 0.1) is 0 Å². The summed E-state index contributed by atoms with van der Waals surface area (Å²) in [6.07, 6.45) is 0. The lowest BCUT2D eigenvalue weighted by molar-refractivity contribution is -0.149. The van der Waals surface area contributed by atoms with Gasteiger partial charge in [-0.1, -0.05) is 30.3 Å². The third kappa shape index (κ3) is 3.32. The van der Waals surface area contributed by atoms with E-state index in [1.807, 2.05) is 19.9 Å². The summed E-state index contributed by atoms with van der Waals surface area (Å²) >= 11 is 1.46. The van der Waals surface area contributed by atoms with Crippen LogP contribution in [0.15, 0.2) is 30.3 Å². The largest absolute Gasteiger partial charge is 0.353 e. The first-order chi connectivity index (χ1) is 12.7. The summed E-state index contributed by atoms with van der Waals surface area (Å²) in [5.74, 6) is -1.47. The fraction of sp³-hybridized carbons (Fsp3) is 0.529. The number of carbonyl (C=O) groups excluding carboxylic acids is 2. The van der Waals surface area contributed by atoms with E-state index in [9.17, 15) is 14.2 Å². The quantitative estimate of drug-likeness (QED) is 0.539.